The van der Waals surface area contributed by atoms with Crippen LogP contribution in [0.25, 0.3) is 0 Å². The summed E-state index contributed by atoms with van der Waals surface area (Å²) in [6, 6.07) is -0.000460. The molecule has 18 heavy (non-hydrogen) atoms. The Morgan fingerprint density at radius 3 is 2.28 bits per heavy atom. The van der Waals surface area contributed by atoms with Crippen molar-refractivity contribution in [2.75, 3.05) is 31.6 Å². The third-order valence-electron chi connectivity index (χ3n) is 3.45. The van der Waals surface area contributed by atoms with E-state index in [1.165, 1.54) is 0 Å². The first-order valence-corrected chi connectivity index (χ1v) is 8.41. The summed E-state index contributed by atoms with van der Waals surface area (Å²) in [5, 5.41) is 3.05. The van der Waals surface area contributed by atoms with Crippen molar-refractivity contribution in [2.45, 2.75) is 32.7 Å². The van der Waals surface area contributed by atoms with Crippen molar-refractivity contribution in [2.24, 2.45) is 5.92 Å². The lowest BCUT2D eigenvalue weighted by Crippen LogP contribution is -2.40. The van der Waals surface area contributed by atoms with Crippen LogP contribution in [0.5, 0.6) is 0 Å². The predicted molar refractivity (Wildman–Crippen MR) is 72.2 cm³/mol. The van der Waals surface area contributed by atoms with E-state index in [4.69, 9.17) is 0 Å². The number of amides is 1. The lowest BCUT2D eigenvalue weighted by Gasteiger charge is -2.20. The van der Waals surface area contributed by atoms with Crippen molar-refractivity contribution < 1.29 is 13.2 Å². The monoisotopic (exact) mass is 276 g/mol. The number of carbonyl (C=O) groups excluding carboxylic acids is 1. The molecule has 1 N–H and O–H groups in total. The molecule has 0 spiro atoms. The summed E-state index contributed by atoms with van der Waals surface area (Å²) >= 11 is 0. The molecule has 1 aliphatic carbocycles. The van der Waals surface area contributed by atoms with E-state index in [1.54, 1.807) is 11.9 Å². The molecule has 1 fully saturated rings. The molecule has 6 heteroatoms. The largest absolute Gasteiger partial charge is 0.342 e. The van der Waals surface area contributed by atoms with Crippen LogP contribution < -0.4 is 5.32 Å². The molecule has 0 bridgehead atoms. The fraction of sp³-hybridized carbons (Fsp3) is 0.917. The van der Waals surface area contributed by atoms with Gasteiger partial charge in [0.05, 0.1) is 5.75 Å². The Labute approximate surface area is 110 Å². The highest BCUT2D eigenvalue weighted by Gasteiger charge is 2.34. The zero-order valence-corrected chi connectivity index (χ0v) is 12.3. The maximum atomic E-state index is 12.0. The van der Waals surface area contributed by atoms with Crippen molar-refractivity contribution in [1.29, 1.82) is 0 Å². The minimum atomic E-state index is -3.32. The van der Waals surface area contributed by atoms with Gasteiger partial charge in [0.2, 0.25) is 5.91 Å². The molecular weight excluding hydrogens is 252 g/mol. The van der Waals surface area contributed by atoms with Gasteiger partial charge in [-0.15, -0.1) is 0 Å². The summed E-state index contributed by atoms with van der Waals surface area (Å²) in [4.78, 5) is 13.4. The second-order valence-electron chi connectivity index (χ2n) is 4.85. The van der Waals surface area contributed by atoms with Crippen LogP contribution in [0.15, 0.2) is 0 Å². The van der Waals surface area contributed by atoms with Crippen molar-refractivity contribution >= 4 is 15.7 Å². The van der Waals surface area contributed by atoms with E-state index in [-0.39, 0.29) is 23.5 Å². The summed E-state index contributed by atoms with van der Waals surface area (Å²) < 4.78 is 24.0. The van der Waals surface area contributed by atoms with E-state index >= 15 is 0 Å². The molecule has 0 aliphatic heterocycles. The van der Waals surface area contributed by atoms with Crippen molar-refractivity contribution in [3.05, 3.63) is 0 Å². The fourth-order valence-corrected chi connectivity index (χ4v) is 3.80. The molecule has 1 aliphatic rings. The quantitative estimate of drug-likeness (QED) is 0.691. The third kappa shape index (κ3) is 4.57. The zero-order chi connectivity index (χ0) is 13.8. The number of carbonyl (C=O) groups is 1. The maximum absolute atomic E-state index is 12.0. The Morgan fingerprint density at radius 1 is 1.33 bits per heavy atom. The first kappa shape index (κ1) is 15.4. The van der Waals surface area contributed by atoms with Gasteiger partial charge in [0.15, 0.2) is 9.84 Å². The van der Waals surface area contributed by atoms with Gasteiger partial charge in [-0.05, 0) is 39.7 Å². The average Bonchev–Trinajstić information content (AvgIpc) is 3.10. The molecule has 5 nitrogen and oxygen atoms in total. The first-order valence-electron chi connectivity index (χ1n) is 6.59. The van der Waals surface area contributed by atoms with Crippen LogP contribution in [0.1, 0.15) is 26.7 Å². The summed E-state index contributed by atoms with van der Waals surface area (Å²) in [6.07, 6.45) is 2.18. The van der Waals surface area contributed by atoms with Gasteiger partial charge in [0, 0.05) is 19.1 Å². The standard InChI is InChI=1S/C12H24N2O3S/c1-4-14(5-2)12(15)9-18(16,17)8-11(13-3)10-6-7-10/h10-11,13H,4-9H2,1-3H3. The summed E-state index contributed by atoms with van der Waals surface area (Å²) in [5.74, 6) is -0.111. The van der Waals surface area contributed by atoms with Crippen LogP contribution in [0.2, 0.25) is 0 Å². The van der Waals surface area contributed by atoms with E-state index in [2.05, 4.69) is 5.32 Å². The second-order valence-corrected chi connectivity index (χ2v) is 6.96. The number of hydrogen-bond acceptors (Lipinski definition) is 4. The Bertz CT molecular complexity index is 373. The molecule has 0 saturated heterocycles. The normalized spacial score (nSPS) is 17.5. The number of nitrogens with zero attached hydrogens (tertiary/aromatic N) is 1. The third-order valence-corrected chi connectivity index (χ3v) is 5.01. The van der Waals surface area contributed by atoms with Crippen LogP contribution in [0.3, 0.4) is 0 Å². The van der Waals surface area contributed by atoms with Crippen LogP contribution in [0, 0.1) is 5.92 Å². The van der Waals surface area contributed by atoms with Crippen LogP contribution in [-0.2, 0) is 14.6 Å². The predicted octanol–water partition coefficient (Wildman–Crippen LogP) is 0.268. The number of sulfone groups is 1. The van der Waals surface area contributed by atoms with Crippen LogP contribution in [-0.4, -0.2) is 56.9 Å². The molecule has 1 amide bonds. The number of hydrogen-bond donors (Lipinski definition) is 1. The topological polar surface area (TPSA) is 66.5 Å². The molecule has 1 atom stereocenters. The van der Waals surface area contributed by atoms with Gasteiger partial charge in [0.25, 0.3) is 0 Å². The van der Waals surface area contributed by atoms with E-state index in [0.29, 0.717) is 19.0 Å². The van der Waals surface area contributed by atoms with Gasteiger partial charge >= 0.3 is 0 Å². The number of rotatable bonds is 8. The minimum absolute atomic E-state index is 0.000460. The molecule has 0 heterocycles. The lowest BCUT2D eigenvalue weighted by molar-refractivity contribution is -0.128. The Kier molecular flexibility index (Phi) is 5.59. The zero-order valence-electron chi connectivity index (χ0n) is 11.5. The van der Waals surface area contributed by atoms with Gasteiger partial charge in [-0.25, -0.2) is 8.42 Å². The molecule has 0 aromatic heterocycles. The Hall–Kier alpha value is -0.620. The summed E-state index contributed by atoms with van der Waals surface area (Å²) in [7, 11) is -1.53. The van der Waals surface area contributed by atoms with Crippen molar-refractivity contribution in [1.82, 2.24) is 10.2 Å². The second kappa shape index (κ2) is 6.52. The molecule has 0 aromatic carbocycles. The van der Waals surface area contributed by atoms with E-state index in [0.717, 1.165) is 12.8 Å². The highest BCUT2D eigenvalue weighted by atomic mass is 32.2. The van der Waals surface area contributed by atoms with E-state index in [1.807, 2.05) is 13.8 Å². The van der Waals surface area contributed by atoms with Gasteiger partial charge in [-0.2, -0.15) is 0 Å². The van der Waals surface area contributed by atoms with Crippen LogP contribution >= 0.6 is 0 Å². The summed E-state index contributed by atoms with van der Waals surface area (Å²) in [5.41, 5.74) is 0. The van der Waals surface area contributed by atoms with Crippen molar-refractivity contribution in [3.8, 4) is 0 Å². The Morgan fingerprint density at radius 2 is 1.89 bits per heavy atom. The highest BCUT2D eigenvalue weighted by molar-refractivity contribution is 7.92. The average molecular weight is 276 g/mol. The minimum Gasteiger partial charge on any atom is -0.342 e. The molecule has 0 aromatic rings. The SMILES string of the molecule is CCN(CC)C(=O)CS(=O)(=O)CC(NC)C1CC1. The lowest BCUT2D eigenvalue weighted by atomic mass is 10.2. The smallest absolute Gasteiger partial charge is 0.237 e. The molecule has 1 saturated carbocycles. The van der Waals surface area contributed by atoms with E-state index in [9.17, 15) is 13.2 Å². The summed E-state index contributed by atoms with van der Waals surface area (Å²) in [6.45, 7) is 4.83. The van der Waals surface area contributed by atoms with Gasteiger partial charge in [-0.1, -0.05) is 0 Å². The first-order chi connectivity index (χ1) is 8.43. The van der Waals surface area contributed by atoms with Gasteiger partial charge in [-0.3, -0.25) is 4.79 Å². The number of nitrogens with one attached hydrogen (secondary N) is 1. The van der Waals surface area contributed by atoms with Crippen LogP contribution in [0.4, 0.5) is 0 Å². The molecule has 0 radical (unpaired) electrons. The maximum Gasteiger partial charge on any atom is 0.237 e. The molecule has 1 rings (SSSR count). The Balaban J connectivity index is 2.55. The van der Waals surface area contributed by atoms with Crippen molar-refractivity contribution in [3.63, 3.8) is 0 Å². The highest BCUT2D eigenvalue weighted by Crippen LogP contribution is 2.33. The molecular formula is C12H24N2O3S. The van der Waals surface area contributed by atoms with Gasteiger partial charge in [0.1, 0.15) is 5.75 Å². The van der Waals surface area contributed by atoms with E-state index < -0.39 is 9.84 Å². The molecule has 106 valence electrons. The molecule has 1 unspecified atom stereocenters. The van der Waals surface area contributed by atoms with Gasteiger partial charge < -0.3 is 10.2 Å². The fourth-order valence-electron chi connectivity index (χ4n) is 2.14.